The summed E-state index contributed by atoms with van der Waals surface area (Å²) in [5.74, 6) is 1.66. The zero-order chi connectivity index (χ0) is 50.1. The van der Waals surface area contributed by atoms with E-state index in [1.165, 1.54) is 64.2 Å². The average molecular weight is 1190 g/mol. The molecule has 0 radical (unpaired) electrons. The Bertz CT molecular complexity index is 1890. The number of hydrogen-bond acceptors (Lipinski definition) is 9. The number of rotatable bonds is 10. The Morgan fingerprint density at radius 2 is 0.615 bits per heavy atom. The summed E-state index contributed by atoms with van der Waals surface area (Å²) in [7, 11) is -20.0. The zero-order valence-electron chi connectivity index (χ0n) is 32.0. The molecule has 9 nitrogen and oxygen atoms in total. The van der Waals surface area contributed by atoms with Gasteiger partial charge in [-0.2, -0.15) is 65.9 Å². The molecule has 2 aliphatic rings. The van der Waals surface area contributed by atoms with E-state index in [0.717, 1.165) is 11.8 Å². The smallest absolute Gasteiger partial charge is 0.743 e. The fourth-order valence-corrected chi connectivity index (χ4v) is 8.86. The van der Waals surface area contributed by atoms with Crippen LogP contribution in [-0.4, -0.2) is 91.7 Å². The van der Waals surface area contributed by atoms with Gasteiger partial charge in [-0.15, -0.1) is 0 Å². The third-order valence-electron chi connectivity index (χ3n) is 8.86. The number of benzene rings is 2. The maximum Gasteiger partial charge on any atom is 2.00 e. The molecule has 4 rings (SSSR count). The van der Waals surface area contributed by atoms with Gasteiger partial charge in [0.05, 0.1) is 0 Å². The largest absolute Gasteiger partial charge is 2.00 e. The number of hydrogen-bond donors (Lipinski definition) is 0. The summed E-state index contributed by atoms with van der Waals surface area (Å²) in [5, 5.41) is -18.0. The van der Waals surface area contributed by atoms with Crippen LogP contribution in [0.25, 0.3) is 0 Å². The molecule has 2 aromatic carbocycles. The predicted molar refractivity (Wildman–Crippen MR) is 179 cm³/mol. The molecule has 2 aromatic rings. The molecule has 0 heterocycles. The first-order valence-corrected chi connectivity index (χ1v) is 23.9. The van der Waals surface area contributed by atoms with Crippen molar-refractivity contribution >= 4 is 30.4 Å². The van der Waals surface area contributed by atoms with Crippen molar-refractivity contribution in [2.45, 2.75) is 129 Å². The van der Waals surface area contributed by atoms with E-state index in [9.17, 15) is 118 Å². The third-order valence-corrected chi connectivity index (χ3v) is 14.2. The quantitative estimate of drug-likeness (QED) is 0.105. The minimum absolute atomic E-state index is 0. The van der Waals surface area contributed by atoms with Gasteiger partial charge in [0.15, 0.2) is 37.5 Å². The fraction of sp³-hybridized carbons (Fsp3) is 0.636. The Morgan fingerprint density at radius 3 is 0.769 bits per heavy atom. The van der Waals surface area contributed by atoms with Crippen LogP contribution in [0.4, 0.5) is 79.0 Å². The van der Waals surface area contributed by atoms with Gasteiger partial charge in [0.1, 0.15) is 0 Å². The molecule has 2 fully saturated rings. The van der Waals surface area contributed by atoms with E-state index in [2.05, 4.69) is 48.5 Å². The molecule has 0 saturated heterocycles. The summed E-state index contributed by atoms with van der Waals surface area (Å²) < 4.78 is 296. The van der Waals surface area contributed by atoms with Gasteiger partial charge in [-0.05, 0) is 72.9 Å². The second-order valence-corrected chi connectivity index (χ2v) is 21.0. The van der Waals surface area contributed by atoms with Gasteiger partial charge in [-0.1, -0.05) is 62.8 Å². The molecule has 0 aliphatic heterocycles. The van der Waals surface area contributed by atoms with Crippen LogP contribution in [0.2, 0.25) is 0 Å². The van der Waals surface area contributed by atoms with Crippen molar-refractivity contribution in [3.05, 3.63) is 66.8 Å². The summed E-state index contributed by atoms with van der Waals surface area (Å²) >= 11 is -0.0341. The maximum absolute atomic E-state index is 11.8. The van der Waals surface area contributed by atoms with Crippen molar-refractivity contribution in [1.82, 2.24) is 0 Å². The molecule has 0 amide bonds. The molecule has 378 valence electrons. The Labute approximate surface area is 380 Å². The van der Waals surface area contributed by atoms with Crippen LogP contribution in [0.5, 0.6) is 0 Å². The molecule has 3 unspecified atom stereocenters. The van der Waals surface area contributed by atoms with Gasteiger partial charge in [-0.25, -0.2) is 38.4 Å². The molecule has 2 saturated carbocycles. The first-order valence-electron chi connectivity index (χ1n) is 17.6. The number of halogens is 19. The summed E-state index contributed by atoms with van der Waals surface area (Å²) in [6.45, 7) is 0. The van der Waals surface area contributed by atoms with Crippen molar-refractivity contribution < 1.29 is 156 Å². The minimum atomic E-state index is -6.66. The summed E-state index contributed by atoms with van der Waals surface area (Å²) in [6, 6.07) is 19.3. The van der Waals surface area contributed by atoms with Gasteiger partial charge in [0, 0.05) is 0 Å². The van der Waals surface area contributed by atoms with Gasteiger partial charge >= 0.3 is 72.6 Å². The maximum atomic E-state index is 11.8. The topological polar surface area (TPSA) is 172 Å². The van der Waals surface area contributed by atoms with Crippen molar-refractivity contribution in [3.8, 4) is 0 Å². The molecular weight excluding hydrogens is 1160 g/mol. The third kappa shape index (κ3) is 18.9. The van der Waals surface area contributed by atoms with Crippen molar-refractivity contribution in [2.24, 2.45) is 0 Å². The van der Waals surface area contributed by atoms with Crippen molar-refractivity contribution in [1.29, 1.82) is 0 Å². The van der Waals surface area contributed by atoms with Crippen LogP contribution in [0.3, 0.4) is 0 Å². The van der Waals surface area contributed by atoms with Crippen LogP contribution in [0.15, 0.2) is 48.5 Å². The van der Waals surface area contributed by atoms with Crippen LogP contribution in [0.1, 0.15) is 87.2 Å². The van der Waals surface area contributed by atoms with E-state index in [4.69, 9.17) is 0 Å². The van der Waals surface area contributed by atoms with Gasteiger partial charge in [-0.3, -0.25) is 0 Å². The monoisotopic (exact) mass is 1190 g/mol. The molecule has 0 bridgehead atoms. The molecule has 0 spiro atoms. The van der Waals surface area contributed by atoms with E-state index in [1.54, 1.807) is 18.3 Å². The van der Waals surface area contributed by atoms with E-state index in [1.807, 2.05) is 0 Å². The Balaban J connectivity index is 0.000000891. The Morgan fingerprint density at radius 1 is 0.415 bits per heavy atom. The van der Waals surface area contributed by atoms with Gasteiger partial charge in [0.2, 0.25) is 0 Å². The SMILES string of the molecule is O=S(=O)([O-])C(F)(F)C(F)C(F)(F)F.O=S(=O)([O-])C(F)(F)C(F)C(F)(F)F.O=S(=O)([O-])C(F)(F)C(F)C(F)(F)F.[Fe+2].c1cc(C2CCCCC2)ccc1[I+]c1ccc(C2CCCCC2)cc1. The van der Waals surface area contributed by atoms with E-state index in [0.29, 0.717) is 0 Å². The average Bonchev–Trinajstić information content (AvgIpc) is 3.16. The van der Waals surface area contributed by atoms with Crippen molar-refractivity contribution in [3.63, 3.8) is 0 Å². The fourth-order valence-electron chi connectivity index (χ4n) is 5.55. The summed E-state index contributed by atoms with van der Waals surface area (Å²) in [6.07, 6.45) is -19.1. The second kappa shape index (κ2) is 24.1. The van der Waals surface area contributed by atoms with E-state index >= 15 is 0 Å². The Hall–Kier alpha value is -1.84. The van der Waals surface area contributed by atoms with Crippen LogP contribution >= 0.6 is 0 Å². The molecule has 65 heavy (non-hydrogen) atoms. The molecule has 32 heteroatoms. The molecule has 2 aliphatic carbocycles. The summed E-state index contributed by atoms with van der Waals surface area (Å²) in [5.41, 5.74) is 3.17. The molecule has 0 N–H and O–H groups in total. The second-order valence-electron chi connectivity index (χ2n) is 13.6. The molecule has 3 atom stereocenters. The summed E-state index contributed by atoms with van der Waals surface area (Å²) in [4.78, 5) is 0. The van der Waals surface area contributed by atoms with E-state index in [-0.39, 0.29) is 38.3 Å². The number of alkyl halides is 18. The minimum Gasteiger partial charge on any atom is -0.743 e. The van der Waals surface area contributed by atoms with Gasteiger partial charge in [0.25, 0.3) is 18.5 Å². The Kier molecular flexibility index (Phi) is 23.4. The zero-order valence-corrected chi connectivity index (χ0v) is 37.7. The van der Waals surface area contributed by atoms with Crippen molar-refractivity contribution in [2.75, 3.05) is 0 Å². The predicted octanol–water partition coefficient (Wildman–Crippen LogP) is 6.98. The van der Waals surface area contributed by atoms with Crippen LogP contribution in [0, 0.1) is 7.14 Å². The standard InChI is InChI=1S/C24H30I.3C3H2F6O3S.Fe/c1-3-7-19(8-4-1)21-11-15-23(16-12-21)25-24-17-13-22(14-18-24)20-9-5-2-6-10-20;3*4-1(2(5,6)7)3(8,9)13(10,11)12;/h11-20H,1-10H2;3*1H,(H,10,11,12);/q+1;;;;+2/p-3. The van der Waals surface area contributed by atoms with Crippen LogP contribution in [-0.2, 0) is 47.4 Å². The van der Waals surface area contributed by atoms with Gasteiger partial charge < -0.3 is 13.7 Å². The first-order chi connectivity index (χ1) is 28.6. The van der Waals surface area contributed by atoms with E-state index < -0.39 is 83.2 Å². The van der Waals surface area contributed by atoms with Crippen LogP contribution < -0.4 is 21.2 Å². The normalized spacial score (nSPS) is 17.9. The molecule has 0 aromatic heterocycles. The molecular formula is C33H33F18FeIO9S3. The first kappa shape index (κ1) is 63.2.